The monoisotopic (exact) mass is 347 g/mol. The van der Waals surface area contributed by atoms with Crippen LogP contribution in [0.3, 0.4) is 0 Å². The van der Waals surface area contributed by atoms with Gasteiger partial charge in [-0.25, -0.2) is 0 Å². The summed E-state index contributed by atoms with van der Waals surface area (Å²) in [5.74, 6) is 0.579. The van der Waals surface area contributed by atoms with Crippen LogP contribution in [0.25, 0.3) is 0 Å². The molecule has 136 valence electrons. The Morgan fingerprint density at radius 2 is 1.96 bits per heavy atom. The van der Waals surface area contributed by atoms with E-state index in [1.54, 1.807) is 11.9 Å². The van der Waals surface area contributed by atoms with Gasteiger partial charge in [-0.3, -0.25) is 14.5 Å². The second-order valence-corrected chi connectivity index (χ2v) is 6.35. The van der Waals surface area contributed by atoms with Crippen molar-refractivity contribution >= 4 is 11.8 Å². The molecule has 25 heavy (non-hydrogen) atoms. The molecule has 0 saturated carbocycles. The lowest BCUT2D eigenvalue weighted by Crippen LogP contribution is -2.50. The van der Waals surface area contributed by atoms with E-state index in [1.165, 1.54) is 0 Å². The third kappa shape index (κ3) is 4.49. The number of likely N-dealkylation sites (N-methyl/N-ethyl adjacent to an activating group) is 1. The first-order valence-corrected chi connectivity index (χ1v) is 8.70. The largest absolute Gasteiger partial charge is 0.488 e. The first kappa shape index (κ1) is 17.7. The summed E-state index contributed by atoms with van der Waals surface area (Å²) in [5, 5.41) is 2.66. The van der Waals surface area contributed by atoms with Crippen LogP contribution in [0.2, 0.25) is 0 Å². The van der Waals surface area contributed by atoms with Gasteiger partial charge >= 0.3 is 0 Å². The Morgan fingerprint density at radius 3 is 2.64 bits per heavy atom. The fraction of sp³-hybridized carbons (Fsp3) is 0.556. The van der Waals surface area contributed by atoms with Gasteiger partial charge in [0.2, 0.25) is 11.8 Å². The molecule has 3 rings (SSSR count). The molecular weight excluding hydrogens is 322 g/mol. The zero-order valence-corrected chi connectivity index (χ0v) is 14.5. The average Bonchev–Trinajstić information content (AvgIpc) is 3.07. The number of benzene rings is 1. The van der Waals surface area contributed by atoms with E-state index in [1.807, 2.05) is 30.3 Å². The van der Waals surface area contributed by atoms with Crippen molar-refractivity contribution < 1.29 is 19.1 Å². The number of amides is 2. The molecule has 0 aliphatic carbocycles. The molecule has 1 N–H and O–H groups in total. The molecule has 0 unspecified atom stereocenters. The lowest BCUT2D eigenvalue weighted by Gasteiger charge is -2.29. The van der Waals surface area contributed by atoms with Crippen molar-refractivity contribution in [2.45, 2.75) is 18.6 Å². The Morgan fingerprint density at radius 1 is 1.24 bits per heavy atom. The molecule has 2 atom stereocenters. The van der Waals surface area contributed by atoms with Crippen LogP contribution in [0.4, 0.5) is 0 Å². The molecule has 7 nitrogen and oxygen atoms in total. The highest BCUT2D eigenvalue weighted by atomic mass is 16.5. The van der Waals surface area contributed by atoms with E-state index < -0.39 is 6.04 Å². The molecule has 2 heterocycles. The number of nitrogens with one attached hydrogen (secondary N) is 1. The lowest BCUT2D eigenvalue weighted by atomic mass is 10.2. The van der Waals surface area contributed by atoms with Gasteiger partial charge < -0.3 is 19.7 Å². The van der Waals surface area contributed by atoms with Gasteiger partial charge in [0.05, 0.1) is 26.3 Å². The number of carbonyl (C=O) groups excluding carboxylic acids is 2. The minimum absolute atomic E-state index is 0.0327. The van der Waals surface area contributed by atoms with Crippen molar-refractivity contribution in [3.8, 4) is 5.75 Å². The molecule has 0 bridgehead atoms. The van der Waals surface area contributed by atoms with Gasteiger partial charge in [0.1, 0.15) is 17.9 Å². The number of hydrogen-bond acceptors (Lipinski definition) is 5. The van der Waals surface area contributed by atoms with Crippen LogP contribution in [0.15, 0.2) is 30.3 Å². The summed E-state index contributed by atoms with van der Waals surface area (Å²) in [4.78, 5) is 28.7. The molecule has 0 spiro atoms. The highest BCUT2D eigenvalue weighted by Crippen LogP contribution is 2.23. The molecule has 1 aromatic rings. The van der Waals surface area contributed by atoms with Gasteiger partial charge in [-0.2, -0.15) is 0 Å². The molecule has 2 aliphatic heterocycles. The summed E-state index contributed by atoms with van der Waals surface area (Å²) in [6.07, 6.45) is 0.321. The van der Waals surface area contributed by atoms with E-state index in [0.29, 0.717) is 32.7 Å². The molecule has 2 saturated heterocycles. The Labute approximate surface area is 147 Å². The summed E-state index contributed by atoms with van der Waals surface area (Å²) < 4.78 is 11.3. The molecule has 1 aromatic carbocycles. The number of carbonyl (C=O) groups is 2. The van der Waals surface area contributed by atoms with Crippen molar-refractivity contribution in [2.24, 2.45) is 0 Å². The second-order valence-electron chi connectivity index (χ2n) is 6.35. The first-order valence-electron chi connectivity index (χ1n) is 8.70. The number of nitrogens with zero attached hydrogens (tertiary/aromatic N) is 2. The predicted molar refractivity (Wildman–Crippen MR) is 92.3 cm³/mol. The van der Waals surface area contributed by atoms with E-state index >= 15 is 0 Å². The van der Waals surface area contributed by atoms with Crippen LogP contribution < -0.4 is 10.1 Å². The normalized spacial score (nSPS) is 24.1. The molecular formula is C18H25N3O4. The van der Waals surface area contributed by atoms with Crippen LogP contribution >= 0.6 is 0 Å². The van der Waals surface area contributed by atoms with Gasteiger partial charge in [-0.1, -0.05) is 18.2 Å². The fourth-order valence-corrected chi connectivity index (χ4v) is 3.31. The van der Waals surface area contributed by atoms with Crippen molar-refractivity contribution in [1.29, 1.82) is 0 Å². The highest BCUT2D eigenvalue weighted by Gasteiger charge is 2.40. The quantitative estimate of drug-likeness (QED) is 0.819. The second kappa shape index (κ2) is 8.31. The molecule has 2 fully saturated rings. The minimum Gasteiger partial charge on any atom is -0.488 e. The third-order valence-electron chi connectivity index (χ3n) is 4.64. The van der Waals surface area contributed by atoms with E-state index in [2.05, 4.69) is 10.2 Å². The van der Waals surface area contributed by atoms with Crippen LogP contribution in [-0.4, -0.2) is 80.2 Å². The zero-order chi connectivity index (χ0) is 17.6. The maximum absolute atomic E-state index is 12.8. The van der Waals surface area contributed by atoms with E-state index in [-0.39, 0.29) is 17.9 Å². The number of hydrogen-bond donors (Lipinski definition) is 1. The number of ether oxygens (including phenoxy) is 2. The SMILES string of the molecule is CNC(=O)[C@@H]1C[C@H](Oc2ccccc2)CN1C(=O)CN1CCOCC1. The summed E-state index contributed by atoms with van der Waals surface area (Å²) in [5.41, 5.74) is 0. The van der Waals surface area contributed by atoms with Gasteiger partial charge in [0.15, 0.2) is 0 Å². The van der Waals surface area contributed by atoms with Gasteiger partial charge in [-0.05, 0) is 12.1 Å². The molecule has 0 aromatic heterocycles. The van der Waals surface area contributed by atoms with E-state index in [4.69, 9.17) is 9.47 Å². The summed E-state index contributed by atoms with van der Waals surface area (Å²) in [7, 11) is 1.60. The Kier molecular flexibility index (Phi) is 5.88. The maximum Gasteiger partial charge on any atom is 0.242 e. The minimum atomic E-state index is -0.479. The first-order chi connectivity index (χ1) is 12.2. The summed E-state index contributed by atoms with van der Waals surface area (Å²) in [6.45, 7) is 3.52. The maximum atomic E-state index is 12.8. The number of morpholine rings is 1. The Balaban J connectivity index is 1.64. The van der Waals surface area contributed by atoms with Crippen molar-refractivity contribution in [1.82, 2.24) is 15.1 Å². The number of likely N-dealkylation sites (tertiary alicyclic amines) is 1. The third-order valence-corrected chi connectivity index (χ3v) is 4.64. The lowest BCUT2D eigenvalue weighted by molar-refractivity contribution is -0.139. The van der Waals surface area contributed by atoms with Crippen LogP contribution in [0, 0.1) is 0 Å². The summed E-state index contributed by atoms with van der Waals surface area (Å²) in [6, 6.07) is 9.02. The van der Waals surface area contributed by atoms with Crippen LogP contribution in [0.1, 0.15) is 6.42 Å². The van der Waals surface area contributed by atoms with E-state index in [0.717, 1.165) is 18.8 Å². The van der Waals surface area contributed by atoms with Gasteiger partial charge in [0.25, 0.3) is 0 Å². The van der Waals surface area contributed by atoms with Crippen molar-refractivity contribution in [3.63, 3.8) is 0 Å². The van der Waals surface area contributed by atoms with Crippen LogP contribution in [0.5, 0.6) is 5.75 Å². The van der Waals surface area contributed by atoms with E-state index in [9.17, 15) is 9.59 Å². The van der Waals surface area contributed by atoms with Gasteiger partial charge in [-0.15, -0.1) is 0 Å². The molecule has 2 aliphatic rings. The van der Waals surface area contributed by atoms with Crippen LogP contribution in [-0.2, 0) is 14.3 Å². The van der Waals surface area contributed by atoms with Crippen molar-refractivity contribution in [2.75, 3.05) is 46.4 Å². The molecule has 2 amide bonds. The standard InChI is InChI=1S/C18H25N3O4/c1-19-18(23)16-11-15(25-14-5-3-2-4-6-14)12-21(16)17(22)13-20-7-9-24-10-8-20/h2-6,15-16H,7-13H2,1H3,(H,19,23)/t15-,16-/m0/s1. The molecule has 0 radical (unpaired) electrons. The summed E-state index contributed by atoms with van der Waals surface area (Å²) >= 11 is 0. The smallest absolute Gasteiger partial charge is 0.242 e. The number of rotatable bonds is 5. The zero-order valence-electron chi connectivity index (χ0n) is 14.5. The Bertz CT molecular complexity index is 589. The Hall–Kier alpha value is -2.12. The number of para-hydroxylation sites is 1. The average molecular weight is 347 g/mol. The predicted octanol–water partition coefficient (Wildman–Crippen LogP) is 0.113. The molecule has 7 heteroatoms. The topological polar surface area (TPSA) is 71.1 Å². The van der Waals surface area contributed by atoms with Gasteiger partial charge in [0, 0.05) is 26.6 Å². The fourth-order valence-electron chi connectivity index (χ4n) is 3.31. The highest BCUT2D eigenvalue weighted by molar-refractivity contribution is 5.89. The van der Waals surface area contributed by atoms with Crippen molar-refractivity contribution in [3.05, 3.63) is 30.3 Å².